The molecule has 1 saturated heterocycles. The minimum atomic E-state index is -4.25. The number of hydrogen-bond donors (Lipinski definition) is 2. The van der Waals surface area contributed by atoms with Gasteiger partial charge in [0.15, 0.2) is 0 Å². The van der Waals surface area contributed by atoms with E-state index in [0.717, 1.165) is 0 Å². The summed E-state index contributed by atoms with van der Waals surface area (Å²) in [6.07, 6.45) is -4.09. The fraction of sp³-hybridized carbons (Fsp3) is 1.00. The fourth-order valence-corrected chi connectivity index (χ4v) is 3.24. The summed E-state index contributed by atoms with van der Waals surface area (Å²) in [6.45, 7) is 1.08. The Morgan fingerprint density at radius 1 is 1.26 bits per heavy atom. The summed E-state index contributed by atoms with van der Waals surface area (Å²) in [5, 5.41) is 0. The molecule has 5 nitrogen and oxygen atoms in total. The summed E-state index contributed by atoms with van der Waals surface area (Å²) >= 11 is 0. The molecular formula is C10H20F3N3O2S. The minimum absolute atomic E-state index is 0.196. The molecule has 1 fully saturated rings. The zero-order valence-corrected chi connectivity index (χ0v) is 11.4. The topological polar surface area (TPSA) is 75.4 Å². The molecule has 0 aliphatic carbocycles. The molecule has 9 heteroatoms. The van der Waals surface area contributed by atoms with Crippen LogP contribution in [0.2, 0.25) is 0 Å². The Kier molecular flexibility index (Phi) is 6.03. The van der Waals surface area contributed by atoms with Gasteiger partial charge in [0.25, 0.3) is 10.2 Å². The molecule has 0 aromatic carbocycles. The summed E-state index contributed by atoms with van der Waals surface area (Å²) < 4.78 is 62.8. The number of rotatable bonds is 6. The van der Waals surface area contributed by atoms with Crippen molar-refractivity contribution in [2.45, 2.75) is 31.9 Å². The van der Waals surface area contributed by atoms with Crippen LogP contribution in [0.25, 0.3) is 0 Å². The predicted octanol–water partition coefficient (Wildman–Crippen LogP) is 0.834. The normalized spacial score (nSPS) is 19.8. The van der Waals surface area contributed by atoms with Crippen LogP contribution in [0.4, 0.5) is 13.2 Å². The van der Waals surface area contributed by atoms with E-state index in [9.17, 15) is 21.6 Å². The number of nitrogens with one attached hydrogen (secondary N) is 1. The summed E-state index contributed by atoms with van der Waals surface area (Å²) in [7, 11) is -3.66. The largest absolute Gasteiger partial charge is 0.389 e. The SMILES string of the molecule is NCC1CCN(S(=O)(=O)NCCCC(F)(F)F)CC1. The summed E-state index contributed by atoms with van der Waals surface area (Å²) in [5.41, 5.74) is 5.51. The van der Waals surface area contributed by atoms with E-state index < -0.39 is 22.8 Å². The van der Waals surface area contributed by atoms with E-state index >= 15 is 0 Å². The molecule has 0 unspecified atom stereocenters. The number of alkyl halides is 3. The Hall–Kier alpha value is -0.380. The lowest BCUT2D eigenvalue weighted by molar-refractivity contribution is -0.135. The van der Waals surface area contributed by atoms with Gasteiger partial charge in [0, 0.05) is 26.1 Å². The quantitative estimate of drug-likeness (QED) is 0.714. The monoisotopic (exact) mass is 303 g/mol. The van der Waals surface area contributed by atoms with Gasteiger partial charge in [0.1, 0.15) is 0 Å². The van der Waals surface area contributed by atoms with Gasteiger partial charge in [0.05, 0.1) is 0 Å². The van der Waals surface area contributed by atoms with Gasteiger partial charge in [-0.05, 0) is 31.7 Å². The van der Waals surface area contributed by atoms with E-state index in [-0.39, 0.29) is 13.0 Å². The maximum absolute atomic E-state index is 11.9. The van der Waals surface area contributed by atoms with Gasteiger partial charge in [-0.3, -0.25) is 0 Å². The lowest BCUT2D eigenvalue weighted by Gasteiger charge is -2.30. The zero-order valence-electron chi connectivity index (χ0n) is 10.6. The molecule has 1 aliphatic heterocycles. The molecule has 0 atom stereocenters. The van der Waals surface area contributed by atoms with Crippen molar-refractivity contribution in [3.05, 3.63) is 0 Å². The van der Waals surface area contributed by atoms with E-state index in [0.29, 0.717) is 38.4 Å². The molecule has 0 saturated carbocycles. The lowest BCUT2D eigenvalue weighted by Crippen LogP contribution is -2.46. The highest BCUT2D eigenvalue weighted by Crippen LogP contribution is 2.21. The highest BCUT2D eigenvalue weighted by molar-refractivity contribution is 7.87. The van der Waals surface area contributed by atoms with Crippen LogP contribution >= 0.6 is 0 Å². The summed E-state index contributed by atoms with van der Waals surface area (Å²) in [5.74, 6) is 0.330. The van der Waals surface area contributed by atoms with Crippen LogP contribution in [-0.2, 0) is 10.2 Å². The highest BCUT2D eigenvalue weighted by Gasteiger charge is 2.29. The van der Waals surface area contributed by atoms with Crippen LogP contribution in [0.3, 0.4) is 0 Å². The Balaban J connectivity index is 2.32. The van der Waals surface area contributed by atoms with E-state index in [2.05, 4.69) is 4.72 Å². The molecule has 0 bridgehead atoms. The smallest absolute Gasteiger partial charge is 0.330 e. The van der Waals surface area contributed by atoms with Gasteiger partial charge in [-0.1, -0.05) is 0 Å². The van der Waals surface area contributed by atoms with Crippen LogP contribution in [0.5, 0.6) is 0 Å². The van der Waals surface area contributed by atoms with E-state index in [1.54, 1.807) is 0 Å². The molecule has 0 aromatic heterocycles. The fourth-order valence-electron chi connectivity index (χ4n) is 1.97. The van der Waals surface area contributed by atoms with Crippen LogP contribution in [-0.4, -0.2) is 45.1 Å². The molecule has 19 heavy (non-hydrogen) atoms. The first-order valence-electron chi connectivity index (χ1n) is 6.26. The van der Waals surface area contributed by atoms with E-state index in [4.69, 9.17) is 5.73 Å². The summed E-state index contributed by atoms with van der Waals surface area (Å²) in [6, 6.07) is 0. The van der Waals surface area contributed by atoms with Gasteiger partial charge < -0.3 is 5.73 Å². The van der Waals surface area contributed by atoms with Gasteiger partial charge in [-0.2, -0.15) is 25.9 Å². The third-order valence-corrected chi connectivity index (χ3v) is 4.78. The van der Waals surface area contributed by atoms with Gasteiger partial charge in [0.2, 0.25) is 0 Å². The van der Waals surface area contributed by atoms with E-state index in [1.165, 1.54) is 4.31 Å². The zero-order chi connectivity index (χ0) is 14.5. The Labute approximate surface area is 111 Å². The Morgan fingerprint density at radius 3 is 2.32 bits per heavy atom. The maximum atomic E-state index is 11.9. The molecule has 0 aromatic rings. The second-order valence-corrected chi connectivity index (χ2v) is 6.45. The molecule has 1 rings (SSSR count). The first kappa shape index (κ1) is 16.7. The van der Waals surface area contributed by atoms with Gasteiger partial charge in [-0.25, -0.2) is 4.72 Å². The minimum Gasteiger partial charge on any atom is -0.330 e. The molecule has 114 valence electrons. The van der Waals surface area contributed by atoms with Crippen LogP contribution in [0.15, 0.2) is 0 Å². The van der Waals surface area contributed by atoms with Crippen molar-refractivity contribution in [1.29, 1.82) is 0 Å². The van der Waals surface area contributed by atoms with Crippen molar-refractivity contribution in [3.8, 4) is 0 Å². The number of nitrogens with zero attached hydrogens (tertiary/aromatic N) is 1. The number of piperidine rings is 1. The molecule has 0 amide bonds. The maximum Gasteiger partial charge on any atom is 0.389 e. The first-order chi connectivity index (χ1) is 8.74. The molecule has 0 spiro atoms. The van der Waals surface area contributed by atoms with Gasteiger partial charge in [-0.15, -0.1) is 0 Å². The highest BCUT2D eigenvalue weighted by atomic mass is 32.2. The second kappa shape index (κ2) is 6.87. The van der Waals surface area contributed by atoms with Gasteiger partial charge >= 0.3 is 6.18 Å². The molecule has 0 radical (unpaired) electrons. The average molecular weight is 303 g/mol. The Bertz CT molecular complexity index is 365. The third kappa shape index (κ3) is 6.07. The molecular weight excluding hydrogens is 283 g/mol. The van der Waals surface area contributed by atoms with Crippen molar-refractivity contribution in [1.82, 2.24) is 9.03 Å². The predicted molar refractivity (Wildman–Crippen MR) is 65.6 cm³/mol. The third-order valence-electron chi connectivity index (χ3n) is 3.17. The number of hydrogen-bond acceptors (Lipinski definition) is 3. The van der Waals surface area contributed by atoms with Crippen LogP contribution in [0, 0.1) is 5.92 Å². The molecule has 1 aliphatic rings. The van der Waals surface area contributed by atoms with Crippen LogP contribution in [0.1, 0.15) is 25.7 Å². The lowest BCUT2D eigenvalue weighted by atomic mass is 9.99. The first-order valence-corrected chi connectivity index (χ1v) is 7.70. The van der Waals surface area contributed by atoms with Crippen molar-refractivity contribution < 1.29 is 21.6 Å². The van der Waals surface area contributed by atoms with Crippen molar-refractivity contribution in [2.75, 3.05) is 26.2 Å². The van der Waals surface area contributed by atoms with Crippen molar-refractivity contribution in [2.24, 2.45) is 11.7 Å². The summed E-state index contributed by atoms with van der Waals surface area (Å²) in [4.78, 5) is 0. The average Bonchev–Trinajstić information content (AvgIpc) is 2.34. The molecule has 3 N–H and O–H groups in total. The van der Waals surface area contributed by atoms with Crippen molar-refractivity contribution >= 4 is 10.2 Å². The van der Waals surface area contributed by atoms with E-state index in [1.807, 2.05) is 0 Å². The number of nitrogens with two attached hydrogens (primary N) is 1. The number of halogens is 3. The molecule has 1 heterocycles. The van der Waals surface area contributed by atoms with Crippen LogP contribution < -0.4 is 10.5 Å². The van der Waals surface area contributed by atoms with Crippen molar-refractivity contribution in [3.63, 3.8) is 0 Å². The standard InChI is InChI=1S/C10H20F3N3O2S/c11-10(12,13)4-1-5-15-19(17,18)16-6-2-9(8-14)3-7-16/h9,15H,1-8,14H2. The Morgan fingerprint density at radius 2 is 1.84 bits per heavy atom. The second-order valence-electron chi connectivity index (χ2n) is 4.70.